The molecule has 0 aromatic carbocycles. The Morgan fingerprint density at radius 3 is 2.76 bits per heavy atom. The number of ether oxygens (including phenoxy) is 1. The second-order valence-electron chi connectivity index (χ2n) is 7.37. The molecule has 136 valence electrons. The van der Waals surface area contributed by atoms with Crippen molar-refractivity contribution in [3.63, 3.8) is 0 Å². The maximum atomic E-state index is 11.8. The summed E-state index contributed by atoms with van der Waals surface area (Å²) in [6.45, 7) is 3.73. The molecule has 0 bridgehead atoms. The first-order chi connectivity index (χ1) is 12.0. The van der Waals surface area contributed by atoms with Crippen LogP contribution in [0, 0.1) is 0 Å². The molecular formula is C17H25N5O3. The van der Waals surface area contributed by atoms with Crippen molar-refractivity contribution in [3.8, 4) is 0 Å². The topological polar surface area (TPSA) is 82.0 Å². The average Bonchev–Trinajstić information content (AvgIpc) is 2.89. The van der Waals surface area contributed by atoms with Crippen LogP contribution in [-0.4, -0.2) is 77.5 Å². The van der Waals surface area contributed by atoms with E-state index >= 15 is 0 Å². The summed E-state index contributed by atoms with van der Waals surface area (Å²) in [5, 5.41) is 9.68. The molecule has 1 spiro atoms. The van der Waals surface area contributed by atoms with Crippen LogP contribution in [0.5, 0.6) is 0 Å². The quantitative estimate of drug-likeness (QED) is 0.849. The highest BCUT2D eigenvalue weighted by Crippen LogP contribution is 2.33. The third-order valence-electron chi connectivity index (χ3n) is 5.38. The molecule has 8 heteroatoms. The van der Waals surface area contributed by atoms with Crippen LogP contribution in [0.3, 0.4) is 0 Å². The van der Waals surface area contributed by atoms with E-state index in [4.69, 9.17) is 9.72 Å². The number of carbonyl (C=O) groups excluding carboxylic acids is 1. The Morgan fingerprint density at radius 1 is 1.24 bits per heavy atom. The number of hydrogen-bond acceptors (Lipinski definition) is 7. The molecule has 1 atom stereocenters. The first kappa shape index (κ1) is 16.4. The van der Waals surface area contributed by atoms with Crippen LogP contribution >= 0.6 is 0 Å². The highest BCUT2D eigenvalue weighted by Gasteiger charge is 2.47. The monoisotopic (exact) mass is 347 g/mol. The molecule has 1 aromatic rings. The van der Waals surface area contributed by atoms with Gasteiger partial charge < -0.3 is 24.5 Å². The third-order valence-corrected chi connectivity index (χ3v) is 5.38. The van der Waals surface area contributed by atoms with E-state index in [1.807, 2.05) is 6.07 Å². The van der Waals surface area contributed by atoms with E-state index in [0.717, 1.165) is 51.1 Å². The van der Waals surface area contributed by atoms with Crippen molar-refractivity contribution in [2.45, 2.75) is 37.4 Å². The number of nitrogens with zero attached hydrogens (tertiary/aromatic N) is 5. The summed E-state index contributed by atoms with van der Waals surface area (Å²) in [6, 6.07) is 1.92. The van der Waals surface area contributed by atoms with Crippen molar-refractivity contribution in [3.05, 3.63) is 12.3 Å². The molecule has 0 radical (unpaired) electrons. The van der Waals surface area contributed by atoms with Gasteiger partial charge in [-0.15, -0.1) is 0 Å². The van der Waals surface area contributed by atoms with E-state index in [0.29, 0.717) is 19.0 Å². The second-order valence-corrected chi connectivity index (χ2v) is 7.37. The number of rotatable bonds is 2. The Balaban J connectivity index is 1.50. The lowest BCUT2D eigenvalue weighted by atomic mass is 9.93. The molecule has 3 saturated heterocycles. The van der Waals surface area contributed by atoms with Crippen LogP contribution in [0.1, 0.15) is 25.7 Å². The Labute approximate surface area is 147 Å². The molecular weight excluding hydrogens is 322 g/mol. The molecule has 3 aliphatic rings. The minimum absolute atomic E-state index is 0.200. The van der Waals surface area contributed by atoms with Gasteiger partial charge in [0.1, 0.15) is 11.4 Å². The fourth-order valence-corrected chi connectivity index (χ4v) is 4.04. The lowest BCUT2D eigenvalue weighted by molar-refractivity contribution is 0.0443. The summed E-state index contributed by atoms with van der Waals surface area (Å²) in [4.78, 5) is 27.0. The van der Waals surface area contributed by atoms with E-state index in [-0.39, 0.29) is 12.2 Å². The molecule has 8 nitrogen and oxygen atoms in total. The summed E-state index contributed by atoms with van der Waals surface area (Å²) >= 11 is 0. The van der Waals surface area contributed by atoms with Crippen molar-refractivity contribution in [1.29, 1.82) is 0 Å². The van der Waals surface area contributed by atoms with Gasteiger partial charge in [0.25, 0.3) is 0 Å². The Bertz CT molecular complexity index is 649. The van der Waals surface area contributed by atoms with Crippen LogP contribution in [0.4, 0.5) is 16.6 Å². The maximum Gasteiger partial charge on any atom is 0.410 e. The van der Waals surface area contributed by atoms with Gasteiger partial charge in [-0.05, 0) is 31.7 Å². The molecule has 1 aromatic heterocycles. The normalized spacial score (nSPS) is 27.9. The zero-order valence-corrected chi connectivity index (χ0v) is 14.6. The van der Waals surface area contributed by atoms with Crippen molar-refractivity contribution < 1.29 is 14.6 Å². The van der Waals surface area contributed by atoms with Crippen molar-refractivity contribution in [2.24, 2.45) is 0 Å². The lowest BCUT2D eigenvalue weighted by Gasteiger charge is -2.38. The average molecular weight is 347 g/mol. The zero-order chi connectivity index (χ0) is 17.4. The van der Waals surface area contributed by atoms with E-state index in [9.17, 15) is 9.90 Å². The molecule has 1 amide bonds. The first-order valence-electron chi connectivity index (χ1n) is 9.00. The third kappa shape index (κ3) is 3.22. The summed E-state index contributed by atoms with van der Waals surface area (Å²) in [5.74, 6) is 1.59. The predicted octanol–water partition coefficient (Wildman–Crippen LogP) is 0.859. The molecule has 0 unspecified atom stereocenters. The van der Waals surface area contributed by atoms with Gasteiger partial charge in [0, 0.05) is 32.9 Å². The summed E-state index contributed by atoms with van der Waals surface area (Å²) in [5.41, 5.74) is -0.446. The first-order valence-corrected chi connectivity index (χ1v) is 9.00. The fourth-order valence-electron chi connectivity index (χ4n) is 4.04. The molecule has 3 aliphatic heterocycles. The van der Waals surface area contributed by atoms with Gasteiger partial charge in [-0.2, -0.15) is 4.98 Å². The number of piperidine rings is 2. The maximum absolute atomic E-state index is 11.8. The summed E-state index contributed by atoms with van der Waals surface area (Å²) in [7, 11) is 1.78. The fraction of sp³-hybridized carbons (Fsp3) is 0.706. The molecule has 1 N–H and O–H groups in total. The van der Waals surface area contributed by atoms with Crippen LogP contribution in [0.15, 0.2) is 12.3 Å². The largest absolute Gasteiger partial charge is 0.439 e. The van der Waals surface area contributed by atoms with E-state index in [1.165, 1.54) is 0 Å². The number of hydrogen-bond donors (Lipinski definition) is 1. The van der Waals surface area contributed by atoms with Gasteiger partial charge in [-0.25, -0.2) is 9.78 Å². The Hall–Kier alpha value is -2.09. The molecule has 3 fully saturated rings. The lowest BCUT2D eigenvalue weighted by Crippen LogP contribution is -2.51. The smallest absolute Gasteiger partial charge is 0.410 e. The van der Waals surface area contributed by atoms with Crippen LogP contribution in [0.2, 0.25) is 0 Å². The molecule has 0 saturated carbocycles. The minimum atomic E-state index is -0.446. The number of aliphatic hydroxyl groups is 1. The van der Waals surface area contributed by atoms with Crippen molar-refractivity contribution in [2.75, 3.05) is 49.6 Å². The highest BCUT2D eigenvalue weighted by atomic mass is 16.6. The molecule has 25 heavy (non-hydrogen) atoms. The van der Waals surface area contributed by atoms with Gasteiger partial charge in [0.2, 0.25) is 5.95 Å². The molecule has 0 aliphatic carbocycles. The van der Waals surface area contributed by atoms with Crippen molar-refractivity contribution >= 4 is 17.9 Å². The SMILES string of the molecule is CN1C[C@]2(CCCN(c3nccc(N4CCC(O)CC4)n3)C2)OC1=O. The summed E-state index contributed by atoms with van der Waals surface area (Å²) < 4.78 is 5.66. The van der Waals surface area contributed by atoms with E-state index in [2.05, 4.69) is 14.8 Å². The standard InChI is InChI=1S/C17H25N5O3/c1-20-11-17(25-16(20)24)6-2-8-22(12-17)15-18-7-3-14(19-15)21-9-4-13(23)5-10-21/h3,7,13,23H,2,4-6,8-12H2,1H3/t17-/m0/s1. The van der Waals surface area contributed by atoms with Crippen LogP contribution in [0.25, 0.3) is 0 Å². The van der Waals surface area contributed by atoms with E-state index < -0.39 is 5.60 Å². The zero-order valence-electron chi connectivity index (χ0n) is 14.6. The van der Waals surface area contributed by atoms with Crippen LogP contribution in [-0.2, 0) is 4.74 Å². The van der Waals surface area contributed by atoms with Gasteiger partial charge in [0.05, 0.1) is 19.2 Å². The van der Waals surface area contributed by atoms with Gasteiger partial charge in [-0.1, -0.05) is 0 Å². The van der Waals surface area contributed by atoms with E-state index in [1.54, 1.807) is 18.1 Å². The Morgan fingerprint density at radius 2 is 2.04 bits per heavy atom. The van der Waals surface area contributed by atoms with Crippen LogP contribution < -0.4 is 9.80 Å². The number of amides is 1. The minimum Gasteiger partial charge on any atom is -0.439 e. The molecule has 4 rings (SSSR count). The number of anilines is 2. The second kappa shape index (κ2) is 6.33. The van der Waals surface area contributed by atoms with Crippen molar-refractivity contribution in [1.82, 2.24) is 14.9 Å². The summed E-state index contributed by atoms with van der Waals surface area (Å²) in [6.07, 6.45) is 4.71. The highest BCUT2D eigenvalue weighted by molar-refractivity contribution is 5.70. The Kier molecular flexibility index (Phi) is 4.15. The molecule has 4 heterocycles. The van der Waals surface area contributed by atoms with Gasteiger partial charge in [0.15, 0.2) is 0 Å². The number of aromatic nitrogens is 2. The van der Waals surface area contributed by atoms with Gasteiger partial charge >= 0.3 is 6.09 Å². The number of carbonyl (C=O) groups is 1. The number of aliphatic hydroxyl groups excluding tert-OH is 1. The number of likely N-dealkylation sites (N-methyl/N-ethyl adjacent to an activating group) is 1. The van der Waals surface area contributed by atoms with Gasteiger partial charge in [-0.3, -0.25) is 0 Å². The predicted molar refractivity (Wildman–Crippen MR) is 92.8 cm³/mol.